The second-order valence-electron chi connectivity index (χ2n) is 4.64. The molecule has 0 aliphatic carbocycles. The highest BCUT2D eigenvalue weighted by Gasteiger charge is 2.37. The maximum atomic E-state index is 12.0. The topological polar surface area (TPSA) is 101 Å². The second-order valence-corrected chi connectivity index (χ2v) is 6.90. The summed E-state index contributed by atoms with van der Waals surface area (Å²) < 4.78 is 25.3. The van der Waals surface area contributed by atoms with Crippen molar-refractivity contribution in [1.29, 1.82) is 0 Å². The van der Waals surface area contributed by atoms with Crippen LogP contribution in [0.2, 0.25) is 0 Å². The molecule has 0 saturated carbocycles. The molecule has 0 radical (unpaired) electrons. The van der Waals surface area contributed by atoms with Crippen LogP contribution < -0.4 is 5.73 Å². The van der Waals surface area contributed by atoms with Crippen LogP contribution in [0.5, 0.6) is 0 Å². The number of carboxylic acid groups (broad SMARTS) is 1. The van der Waals surface area contributed by atoms with E-state index in [-0.39, 0.29) is 12.0 Å². The van der Waals surface area contributed by atoms with E-state index in [4.69, 9.17) is 10.8 Å². The van der Waals surface area contributed by atoms with Crippen molar-refractivity contribution in [3.8, 4) is 0 Å². The molecule has 0 bridgehead atoms. The molecule has 17 heavy (non-hydrogen) atoms. The van der Waals surface area contributed by atoms with Gasteiger partial charge in [0.15, 0.2) is 5.25 Å². The van der Waals surface area contributed by atoms with Crippen molar-refractivity contribution >= 4 is 16.0 Å². The lowest BCUT2D eigenvalue weighted by Crippen LogP contribution is -2.48. The standard InChI is InChI=1S/C10H20N2O4S/c1-7(11)9-4-3-5-12(6-9)17(15,16)8(2)10(13)14/h7-9H,3-6,11H2,1-2H3,(H,13,14). The number of nitrogens with zero attached hydrogens (tertiary/aromatic N) is 1. The quantitative estimate of drug-likeness (QED) is 0.735. The van der Waals surface area contributed by atoms with E-state index in [0.29, 0.717) is 13.1 Å². The summed E-state index contributed by atoms with van der Waals surface area (Å²) in [6, 6.07) is -0.0758. The first-order valence-corrected chi connectivity index (χ1v) is 7.24. The number of hydrogen-bond acceptors (Lipinski definition) is 4. The summed E-state index contributed by atoms with van der Waals surface area (Å²) in [5, 5.41) is 7.40. The van der Waals surface area contributed by atoms with Crippen molar-refractivity contribution in [2.75, 3.05) is 13.1 Å². The highest BCUT2D eigenvalue weighted by Crippen LogP contribution is 2.23. The average Bonchev–Trinajstić information content (AvgIpc) is 2.28. The minimum atomic E-state index is -3.75. The third kappa shape index (κ3) is 3.17. The Morgan fingerprint density at radius 2 is 2.06 bits per heavy atom. The van der Waals surface area contributed by atoms with E-state index in [0.717, 1.165) is 12.8 Å². The van der Waals surface area contributed by atoms with Crippen LogP contribution in [0.4, 0.5) is 0 Å². The summed E-state index contributed by atoms with van der Waals surface area (Å²) in [4.78, 5) is 10.8. The molecule has 7 heteroatoms. The van der Waals surface area contributed by atoms with E-state index in [1.54, 1.807) is 0 Å². The van der Waals surface area contributed by atoms with Crippen LogP contribution in [0.1, 0.15) is 26.7 Å². The third-order valence-corrected chi connectivity index (χ3v) is 5.47. The molecule has 6 nitrogen and oxygen atoms in total. The smallest absolute Gasteiger partial charge is 0.323 e. The highest BCUT2D eigenvalue weighted by molar-refractivity contribution is 7.90. The summed E-state index contributed by atoms with van der Waals surface area (Å²) in [5.74, 6) is -1.20. The Morgan fingerprint density at radius 1 is 1.47 bits per heavy atom. The Morgan fingerprint density at radius 3 is 2.53 bits per heavy atom. The van der Waals surface area contributed by atoms with Crippen LogP contribution in [-0.2, 0) is 14.8 Å². The van der Waals surface area contributed by atoms with Gasteiger partial charge in [0.2, 0.25) is 10.0 Å². The normalized spacial score (nSPS) is 26.4. The minimum Gasteiger partial charge on any atom is -0.480 e. The highest BCUT2D eigenvalue weighted by atomic mass is 32.2. The SMILES string of the molecule is CC(N)C1CCCN(S(=O)(=O)C(C)C(=O)O)C1. The van der Waals surface area contributed by atoms with Gasteiger partial charge in [-0.3, -0.25) is 4.79 Å². The molecule has 1 aliphatic rings. The molecular formula is C10H20N2O4S. The van der Waals surface area contributed by atoms with Gasteiger partial charge in [-0.1, -0.05) is 0 Å². The second kappa shape index (κ2) is 5.32. The van der Waals surface area contributed by atoms with Crippen molar-refractivity contribution in [2.45, 2.75) is 38.0 Å². The Hall–Kier alpha value is -0.660. The van der Waals surface area contributed by atoms with Crippen LogP contribution in [0.25, 0.3) is 0 Å². The van der Waals surface area contributed by atoms with E-state index in [9.17, 15) is 13.2 Å². The van der Waals surface area contributed by atoms with Gasteiger partial charge in [0.1, 0.15) is 0 Å². The van der Waals surface area contributed by atoms with Crippen molar-refractivity contribution in [2.24, 2.45) is 11.7 Å². The molecular weight excluding hydrogens is 244 g/mol. The Labute approximate surface area is 102 Å². The molecule has 1 heterocycles. The molecule has 1 aliphatic heterocycles. The van der Waals surface area contributed by atoms with Crippen molar-refractivity contribution in [3.05, 3.63) is 0 Å². The van der Waals surface area contributed by atoms with E-state index in [1.807, 2.05) is 6.92 Å². The predicted octanol–water partition coefficient (Wildman–Crippen LogP) is -0.151. The van der Waals surface area contributed by atoms with E-state index >= 15 is 0 Å². The zero-order valence-corrected chi connectivity index (χ0v) is 11.0. The number of piperidine rings is 1. The molecule has 1 saturated heterocycles. The lowest BCUT2D eigenvalue weighted by Gasteiger charge is -2.34. The number of carboxylic acids is 1. The first-order chi connectivity index (χ1) is 7.76. The maximum Gasteiger partial charge on any atom is 0.323 e. The van der Waals surface area contributed by atoms with Crippen LogP contribution in [0.3, 0.4) is 0 Å². The largest absolute Gasteiger partial charge is 0.480 e. The minimum absolute atomic E-state index is 0.0758. The third-order valence-electron chi connectivity index (χ3n) is 3.32. The fourth-order valence-corrected chi connectivity index (χ4v) is 3.47. The van der Waals surface area contributed by atoms with Crippen molar-refractivity contribution in [1.82, 2.24) is 4.31 Å². The Balaban J connectivity index is 2.82. The zero-order chi connectivity index (χ0) is 13.2. The van der Waals surface area contributed by atoms with E-state index in [1.165, 1.54) is 11.2 Å². The number of carbonyl (C=O) groups is 1. The van der Waals surface area contributed by atoms with Gasteiger partial charge in [0, 0.05) is 19.1 Å². The van der Waals surface area contributed by atoms with Crippen molar-refractivity contribution in [3.63, 3.8) is 0 Å². The van der Waals surface area contributed by atoms with Gasteiger partial charge in [-0.25, -0.2) is 12.7 Å². The maximum absolute atomic E-state index is 12.0. The van der Waals surface area contributed by atoms with Crippen molar-refractivity contribution < 1.29 is 18.3 Å². The van der Waals surface area contributed by atoms with Gasteiger partial charge in [0.25, 0.3) is 0 Å². The molecule has 0 spiro atoms. The summed E-state index contributed by atoms with van der Waals surface area (Å²) in [7, 11) is -3.75. The lowest BCUT2D eigenvalue weighted by atomic mass is 9.93. The van der Waals surface area contributed by atoms with Gasteiger partial charge >= 0.3 is 5.97 Å². The fraction of sp³-hybridized carbons (Fsp3) is 0.900. The van der Waals surface area contributed by atoms with Gasteiger partial charge in [0.05, 0.1) is 0 Å². The van der Waals surface area contributed by atoms with Gasteiger partial charge in [-0.05, 0) is 32.6 Å². The van der Waals surface area contributed by atoms with Crippen LogP contribution in [0.15, 0.2) is 0 Å². The lowest BCUT2D eigenvalue weighted by molar-refractivity contribution is -0.136. The fourth-order valence-electron chi connectivity index (χ4n) is 1.99. The Kier molecular flexibility index (Phi) is 4.51. The number of nitrogens with two attached hydrogens (primary N) is 1. The summed E-state index contributed by atoms with van der Waals surface area (Å²) >= 11 is 0. The van der Waals surface area contributed by atoms with Gasteiger partial charge in [-0.2, -0.15) is 0 Å². The number of sulfonamides is 1. The molecule has 0 aromatic heterocycles. The molecule has 0 aromatic carbocycles. The first-order valence-electron chi connectivity index (χ1n) is 5.74. The molecule has 0 amide bonds. The number of aliphatic carboxylic acids is 1. The monoisotopic (exact) mass is 264 g/mol. The van der Waals surface area contributed by atoms with E-state index < -0.39 is 21.2 Å². The summed E-state index contributed by atoms with van der Waals surface area (Å²) in [5.41, 5.74) is 5.77. The molecule has 3 atom stereocenters. The van der Waals surface area contributed by atoms with Gasteiger partial charge in [-0.15, -0.1) is 0 Å². The first kappa shape index (κ1) is 14.4. The molecule has 1 rings (SSSR count). The van der Waals surface area contributed by atoms with Crippen LogP contribution >= 0.6 is 0 Å². The van der Waals surface area contributed by atoms with Gasteiger partial charge < -0.3 is 10.8 Å². The molecule has 1 fully saturated rings. The summed E-state index contributed by atoms with van der Waals surface area (Å²) in [6.07, 6.45) is 1.63. The molecule has 100 valence electrons. The zero-order valence-electron chi connectivity index (χ0n) is 10.2. The van der Waals surface area contributed by atoms with Crippen LogP contribution in [-0.4, -0.2) is 48.2 Å². The summed E-state index contributed by atoms with van der Waals surface area (Å²) in [6.45, 7) is 3.77. The van der Waals surface area contributed by atoms with E-state index in [2.05, 4.69) is 0 Å². The average molecular weight is 264 g/mol. The molecule has 3 N–H and O–H groups in total. The predicted molar refractivity (Wildman–Crippen MR) is 64.0 cm³/mol. The molecule has 0 aromatic rings. The Bertz CT molecular complexity index is 380. The number of rotatable bonds is 4. The molecule has 3 unspecified atom stereocenters. The number of hydrogen-bond donors (Lipinski definition) is 2. The van der Waals surface area contributed by atoms with Crippen LogP contribution in [0, 0.1) is 5.92 Å².